The van der Waals surface area contributed by atoms with Crippen LogP contribution >= 0.6 is 11.6 Å². The van der Waals surface area contributed by atoms with Crippen LogP contribution in [-0.4, -0.2) is 40.6 Å². The van der Waals surface area contributed by atoms with E-state index in [0.29, 0.717) is 12.4 Å². The van der Waals surface area contributed by atoms with E-state index >= 15 is 0 Å². The molecule has 0 saturated heterocycles. The van der Waals surface area contributed by atoms with E-state index in [2.05, 4.69) is 11.8 Å². The molecule has 28 heavy (non-hydrogen) atoms. The molecule has 0 radical (unpaired) electrons. The van der Waals surface area contributed by atoms with Crippen LogP contribution in [0, 0.1) is 0 Å². The van der Waals surface area contributed by atoms with Gasteiger partial charge in [-0.2, -0.15) is 0 Å². The van der Waals surface area contributed by atoms with Crippen molar-refractivity contribution in [3.63, 3.8) is 0 Å². The minimum atomic E-state index is -0.0616. The molecule has 5 nitrogen and oxygen atoms in total. The molecule has 3 aromatic rings. The summed E-state index contributed by atoms with van der Waals surface area (Å²) in [5.74, 6) is 1.28. The molecule has 1 unspecified atom stereocenters. The molecule has 4 rings (SSSR count). The number of para-hydroxylation sites is 3. The molecule has 1 aliphatic heterocycles. The predicted molar refractivity (Wildman–Crippen MR) is 116 cm³/mol. The van der Waals surface area contributed by atoms with Crippen LogP contribution in [0.1, 0.15) is 26.2 Å². The monoisotopic (exact) mass is 396 g/mol. The molecule has 146 valence electrons. The van der Waals surface area contributed by atoms with Crippen LogP contribution in [0.15, 0.2) is 54.6 Å². The number of carbonyl (C=O) groups excluding carboxylic acids is 1. The molecule has 0 N–H and O–H groups in total. The first-order valence-corrected chi connectivity index (χ1v) is 10.4. The van der Waals surface area contributed by atoms with Crippen molar-refractivity contribution in [2.24, 2.45) is 0 Å². The third-order valence-corrected chi connectivity index (χ3v) is 5.54. The molecule has 0 aliphatic carbocycles. The predicted octanol–water partition coefficient (Wildman–Crippen LogP) is 5.13. The van der Waals surface area contributed by atoms with E-state index in [9.17, 15) is 4.79 Å². The minimum absolute atomic E-state index is 0.0616. The molecule has 1 amide bonds. The van der Waals surface area contributed by atoms with Crippen LogP contribution in [0.2, 0.25) is 0 Å². The van der Waals surface area contributed by atoms with Crippen molar-refractivity contribution >= 4 is 40.3 Å². The first-order chi connectivity index (χ1) is 13.7. The molecule has 2 heterocycles. The molecule has 0 fully saturated rings. The van der Waals surface area contributed by atoms with Crippen LogP contribution in [0.25, 0.3) is 11.0 Å². The van der Waals surface area contributed by atoms with Gasteiger partial charge in [0, 0.05) is 24.7 Å². The topological polar surface area (TPSA) is 41.4 Å². The highest BCUT2D eigenvalue weighted by Gasteiger charge is 2.35. The highest BCUT2D eigenvalue weighted by atomic mass is 35.5. The zero-order valence-corrected chi connectivity index (χ0v) is 16.8. The summed E-state index contributed by atoms with van der Waals surface area (Å²) in [6.07, 6.45) is 2.92. The third-order valence-electron chi connectivity index (χ3n) is 5.32. The molecule has 0 saturated carbocycles. The standard InChI is InChI=1S/C22H25ClN4O/c1-2-3-15-25-18(13-14-23)16-26(17-9-5-4-6-10-17)22(28)27-20-12-8-7-11-19(20)24-21(25)27/h4-12,18H,2-3,13-16H2,1H3. The van der Waals surface area contributed by atoms with Gasteiger partial charge in [-0.3, -0.25) is 4.90 Å². The second kappa shape index (κ2) is 8.23. The molecule has 0 spiro atoms. The van der Waals surface area contributed by atoms with E-state index in [1.807, 2.05) is 59.5 Å². The van der Waals surface area contributed by atoms with Gasteiger partial charge in [0.2, 0.25) is 5.95 Å². The van der Waals surface area contributed by atoms with Gasteiger partial charge in [-0.05, 0) is 37.1 Å². The van der Waals surface area contributed by atoms with Crippen molar-refractivity contribution in [1.29, 1.82) is 0 Å². The van der Waals surface area contributed by atoms with E-state index in [4.69, 9.17) is 16.6 Å². The van der Waals surface area contributed by atoms with Crippen LogP contribution < -0.4 is 9.80 Å². The highest BCUT2D eigenvalue weighted by molar-refractivity contribution is 6.17. The molecular formula is C22H25ClN4O. The smallest absolute Gasteiger partial charge is 0.336 e. The van der Waals surface area contributed by atoms with E-state index < -0.39 is 0 Å². The van der Waals surface area contributed by atoms with Crippen molar-refractivity contribution < 1.29 is 4.79 Å². The van der Waals surface area contributed by atoms with Crippen molar-refractivity contribution in [2.45, 2.75) is 32.2 Å². The fraction of sp³-hybridized carbons (Fsp3) is 0.364. The fourth-order valence-corrected chi connectivity index (χ4v) is 4.13. The Kier molecular flexibility index (Phi) is 5.53. The van der Waals surface area contributed by atoms with E-state index in [1.54, 1.807) is 4.57 Å². The first-order valence-electron chi connectivity index (χ1n) is 9.91. The number of fused-ring (bicyclic) bond motifs is 3. The number of nitrogens with zero attached hydrogens (tertiary/aromatic N) is 4. The summed E-state index contributed by atoms with van der Waals surface area (Å²) in [5, 5.41) is 0. The highest BCUT2D eigenvalue weighted by Crippen LogP contribution is 2.31. The Morgan fingerprint density at radius 3 is 2.61 bits per heavy atom. The Hall–Kier alpha value is -2.53. The number of alkyl halides is 1. The average Bonchev–Trinajstić information content (AvgIpc) is 3.06. The van der Waals surface area contributed by atoms with Crippen LogP contribution in [-0.2, 0) is 0 Å². The molecule has 6 heteroatoms. The van der Waals surface area contributed by atoms with Gasteiger partial charge in [0.05, 0.1) is 17.1 Å². The molecule has 1 atom stereocenters. The van der Waals surface area contributed by atoms with Crippen molar-refractivity contribution in [3.8, 4) is 0 Å². The number of anilines is 2. The summed E-state index contributed by atoms with van der Waals surface area (Å²) in [6.45, 7) is 3.63. The lowest BCUT2D eigenvalue weighted by atomic mass is 10.1. The van der Waals surface area contributed by atoms with Crippen LogP contribution in [0.4, 0.5) is 16.4 Å². The second-order valence-corrected chi connectivity index (χ2v) is 7.52. The van der Waals surface area contributed by atoms with Gasteiger partial charge < -0.3 is 4.90 Å². The minimum Gasteiger partial charge on any atom is -0.337 e. The maximum atomic E-state index is 13.7. The fourth-order valence-electron chi connectivity index (χ4n) is 3.87. The number of imidazole rings is 1. The number of halogens is 1. The van der Waals surface area contributed by atoms with Crippen molar-refractivity contribution in [3.05, 3.63) is 54.6 Å². The summed E-state index contributed by atoms with van der Waals surface area (Å²) in [6, 6.07) is 17.8. The van der Waals surface area contributed by atoms with E-state index in [0.717, 1.165) is 48.5 Å². The van der Waals surface area contributed by atoms with Gasteiger partial charge >= 0.3 is 6.03 Å². The number of benzene rings is 2. The number of carbonyl (C=O) groups is 1. The van der Waals surface area contributed by atoms with Crippen LogP contribution in [0.5, 0.6) is 0 Å². The number of amides is 1. The lowest BCUT2D eigenvalue weighted by Crippen LogP contribution is -2.44. The quantitative estimate of drug-likeness (QED) is 0.542. The second-order valence-electron chi connectivity index (χ2n) is 7.14. The van der Waals surface area contributed by atoms with Gasteiger partial charge in [-0.15, -0.1) is 11.6 Å². The Labute approximate surface area is 170 Å². The maximum Gasteiger partial charge on any atom is 0.336 e. The van der Waals surface area contributed by atoms with Gasteiger partial charge in [0.1, 0.15) is 0 Å². The largest absolute Gasteiger partial charge is 0.337 e. The molecule has 1 aromatic heterocycles. The molecular weight excluding hydrogens is 372 g/mol. The normalized spacial score (nSPS) is 17.1. The van der Waals surface area contributed by atoms with Gasteiger partial charge in [0.25, 0.3) is 0 Å². The van der Waals surface area contributed by atoms with Crippen molar-refractivity contribution in [2.75, 3.05) is 28.8 Å². The van der Waals surface area contributed by atoms with Crippen molar-refractivity contribution in [1.82, 2.24) is 9.55 Å². The lowest BCUT2D eigenvalue weighted by Gasteiger charge is -2.31. The zero-order chi connectivity index (χ0) is 19.5. The maximum absolute atomic E-state index is 13.7. The number of aromatic nitrogens is 2. The van der Waals surface area contributed by atoms with Crippen LogP contribution in [0.3, 0.4) is 0 Å². The first kappa shape index (κ1) is 18.8. The Bertz CT molecular complexity index is 956. The summed E-state index contributed by atoms with van der Waals surface area (Å²) >= 11 is 6.17. The summed E-state index contributed by atoms with van der Waals surface area (Å²) in [7, 11) is 0. The third kappa shape index (κ3) is 3.35. The Morgan fingerprint density at radius 1 is 1.11 bits per heavy atom. The van der Waals surface area contributed by atoms with Gasteiger partial charge in [-0.25, -0.2) is 14.3 Å². The zero-order valence-electron chi connectivity index (χ0n) is 16.1. The SMILES string of the molecule is CCCCN1c2nc3ccccc3n2C(=O)N(c2ccccc2)CC1CCCl. The molecule has 0 bridgehead atoms. The number of hydrogen-bond donors (Lipinski definition) is 0. The number of rotatable bonds is 6. The number of unbranched alkanes of at least 4 members (excludes halogenated alkanes) is 1. The molecule has 2 aromatic carbocycles. The summed E-state index contributed by atoms with van der Waals surface area (Å²) in [4.78, 5) is 22.7. The van der Waals surface area contributed by atoms with Gasteiger partial charge in [-0.1, -0.05) is 43.7 Å². The van der Waals surface area contributed by atoms with E-state index in [-0.39, 0.29) is 12.1 Å². The molecule has 1 aliphatic rings. The average molecular weight is 397 g/mol. The summed E-state index contributed by atoms with van der Waals surface area (Å²) < 4.78 is 1.77. The van der Waals surface area contributed by atoms with Gasteiger partial charge in [0.15, 0.2) is 0 Å². The van der Waals surface area contributed by atoms with E-state index in [1.165, 1.54) is 0 Å². The Morgan fingerprint density at radius 2 is 1.86 bits per heavy atom. The lowest BCUT2D eigenvalue weighted by molar-refractivity contribution is 0.249. The summed E-state index contributed by atoms with van der Waals surface area (Å²) in [5.41, 5.74) is 2.58. The number of hydrogen-bond acceptors (Lipinski definition) is 3. The Balaban J connectivity index is 1.89.